The molecule has 0 fully saturated rings. The lowest BCUT2D eigenvalue weighted by Crippen LogP contribution is -2.14. The summed E-state index contributed by atoms with van der Waals surface area (Å²) in [6.07, 6.45) is 0. The van der Waals surface area contributed by atoms with Gasteiger partial charge in [0.05, 0.1) is 11.4 Å². The highest BCUT2D eigenvalue weighted by molar-refractivity contribution is 6.03. The molecular formula is C18H17FN4O. The number of nitrogens with zero attached hydrogens (tertiary/aromatic N) is 3. The van der Waals surface area contributed by atoms with Crippen LogP contribution in [0, 0.1) is 26.6 Å². The number of hydrogen-bond acceptors (Lipinski definition) is 3. The van der Waals surface area contributed by atoms with E-state index in [4.69, 9.17) is 0 Å². The normalized spacial score (nSPS) is 10.7. The molecule has 1 heterocycles. The monoisotopic (exact) mass is 324 g/mol. The number of carbonyl (C=O) groups is 1. The zero-order valence-electron chi connectivity index (χ0n) is 13.7. The number of carbonyl (C=O) groups excluding carboxylic acids is 1. The van der Waals surface area contributed by atoms with Crippen LogP contribution in [-0.2, 0) is 0 Å². The van der Waals surface area contributed by atoms with Gasteiger partial charge in [-0.05, 0) is 56.7 Å². The molecule has 5 nitrogen and oxygen atoms in total. The number of aromatic nitrogens is 3. The van der Waals surface area contributed by atoms with Crippen molar-refractivity contribution < 1.29 is 9.18 Å². The van der Waals surface area contributed by atoms with Gasteiger partial charge in [-0.3, -0.25) is 4.79 Å². The predicted molar refractivity (Wildman–Crippen MR) is 89.9 cm³/mol. The third-order valence-corrected chi connectivity index (χ3v) is 3.67. The van der Waals surface area contributed by atoms with Crippen molar-refractivity contribution in [2.75, 3.05) is 5.32 Å². The molecule has 0 radical (unpaired) electrons. The van der Waals surface area contributed by atoms with Gasteiger partial charge < -0.3 is 5.32 Å². The second-order valence-electron chi connectivity index (χ2n) is 5.67. The molecule has 1 amide bonds. The van der Waals surface area contributed by atoms with Crippen LogP contribution in [0.15, 0.2) is 42.5 Å². The van der Waals surface area contributed by atoms with E-state index in [0.29, 0.717) is 11.4 Å². The Bertz CT molecular complexity index is 900. The maximum absolute atomic E-state index is 12.9. The Labute approximate surface area is 139 Å². The SMILES string of the molecule is Cc1ccc(-n2nc(C)c(C(=O)Nc3ccc(F)cc3)n2)c(C)c1. The van der Waals surface area contributed by atoms with Crippen LogP contribution in [-0.4, -0.2) is 20.9 Å². The zero-order chi connectivity index (χ0) is 17.3. The number of nitrogens with one attached hydrogen (secondary N) is 1. The molecule has 3 aromatic rings. The Hall–Kier alpha value is -3.02. The number of aryl methyl sites for hydroxylation is 3. The van der Waals surface area contributed by atoms with E-state index in [1.54, 1.807) is 6.92 Å². The minimum absolute atomic E-state index is 0.235. The Morgan fingerprint density at radius 3 is 2.42 bits per heavy atom. The summed E-state index contributed by atoms with van der Waals surface area (Å²) >= 11 is 0. The number of amides is 1. The van der Waals surface area contributed by atoms with Crippen LogP contribution in [0.5, 0.6) is 0 Å². The fourth-order valence-corrected chi connectivity index (χ4v) is 2.45. The molecule has 0 saturated heterocycles. The van der Waals surface area contributed by atoms with Crippen molar-refractivity contribution in [2.45, 2.75) is 20.8 Å². The van der Waals surface area contributed by atoms with E-state index in [-0.39, 0.29) is 17.4 Å². The fourth-order valence-electron chi connectivity index (χ4n) is 2.45. The van der Waals surface area contributed by atoms with E-state index in [1.807, 2.05) is 32.0 Å². The molecule has 0 aliphatic heterocycles. The van der Waals surface area contributed by atoms with E-state index >= 15 is 0 Å². The van der Waals surface area contributed by atoms with Crippen LogP contribution >= 0.6 is 0 Å². The molecule has 2 aromatic carbocycles. The van der Waals surface area contributed by atoms with E-state index < -0.39 is 0 Å². The summed E-state index contributed by atoms with van der Waals surface area (Å²) < 4.78 is 12.9. The molecular weight excluding hydrogens is 307 g/mol. The number of halogens is 1. The second kappa shape index (κ2) is 6.23. The van der Waals surface area contributed by atoms with Gasteiger partial charge in [0.15, 0.2) is 5.69 Å². The van der Waals surface area contributed by atoms with Gasteiger partial charge in [-0.25, -0.2) is 4.39 Å². The third-order valence-electron chi connectivity index (χ3n) is 3.67. The summed E-state index contributed by atoms with van der Waals surface area (Å²) in [5.41, 5.74) is 4.25. The van der Waals surface area contributed by atoms with Gasteiger partial charge in [0.1, 0.15) is 5.82 Å². The van der Waals surface area contributed by atoms with Gasteiger partial charge in [-0.1, -0.05) is 17.7 Å². The Kier molecular flexibility index (Phi) is 4.12. The van der Waals surface area contributed by atoms with Crippen molar-refractivity contribution in [3.8, 4) is 5.69 Å². The van der Waals surface area contributed by atoms with Crippen molar-refractivity contribution in [1.29, 1.82) is 0 Å². The van der Waals surface area contributed by atoms with Crippen LogP contribution < -0.4 is 5.32 Å². The summed E-state index contributed by atoms with van der Waals surface area (Å²) in [4.78, 5) is 13.8. The van der Waals surface area contributed by atoms with Crippen LogP contribution in [0.25, 0.3) is 5.69 Å². The highest BCUT2D eigenvalue weighted by Gasteiger charge is 2.17. The van der Waals surface area contributed by atoms with Crippen LogP contribution in [0.2, 0.25) is 0 Å². The fraction of sp³-hybridized carbons (Fsp3) is 0.167. The van der Waals surface area contributed by atoms with E-state index in [0.717, 1.165) is 16.8 Å². The minimum Gasteiger partial charge on any atom is -0.321 e. The van der Waals surface area contributed by atoms with E-state index in [2.05, 4.69) is 15.5 Å². The quantitative estimate of drug-likeness (QED) is 0.801. The zero-order valence-corrected chi connectivity index (χ0v) is 13.7. The smallest absolute Gasteiger partial charge is 0.278 e. The van der Waals surface area contributed by atoms with E-state index in [9.17, 15) is 9.18 Å². The summed E-state index contributed by atoms with van der Waals surface area (Å²) in [6, 6.07) is 11.5. The maximum Gasteiger partial charge on any atom is 0.278 e. The highest BCUT2D eigenvalue weighted by Crippen LogP contribution is 2.16. The Morgan fingerprint density at radius 1 is 1.04 bits per heavy atom. The largest absolute Gasteiger partial charge is 0.321 e. The number of anilines is 1. The van der Waals surface area contributed by atoms with Crippen molar-refractivity contribution >= 4 is 11.6 Å². The predicted octanol–water partition coefficient (Wildman–Crippen LogP) is 3.58. The molecule has 3 rings (SSSR count). The summed E-state index contributed by atoms with van der Waals surface area (Å²) in [7, 11) is 0. The average molecular weight is 324 g/mol. The molecule has 1 N–H and O–H groups in total. The van der Waals surface area contributed by atoms with Crippen molar-refractivity contribution in [1.82, 2.24) is 15.0 Å². The molecule has 122 valence electrons. The average Bonchev–Trinajstić information content (AvgIpc) is 2.91. The van der Waals surface area contributed by atoms with Gasteiger partial charge >= 0.3 is 0 Å². The number of rotatable bonds is 3. The molecule has 24 heavy (non-hydrogen) atoms. The number of benzene rings is 2. The standard InChI is InChI=1S/C18H17FN4O/c1-11-4-9-16(12(2)10-11)23-21-13(3)17(22-23)18(24)20-15-7-5-14(19)6-8-15/h4-10H,1-3H3,(H,20,24). The molecule has 0 aliphatic carbocycles. The van der Waals surface area contributed by atoms with E-state index in [1.165, 1.54) is 29.1 Å². The Balaban J connectivity index is 1.88. The molecule has 0 bridgehead atoms. The van der Waals surface area contributed by atoms with Crippen molar-refractivity contribution in [3.05, 3.63) is 70.8 Å². The van der Waals surface area contributed by atoms with Crippen LogP contribution in [0.3, 0.4) is 0 Å². The lowest BCUT2D eigenvalue weighted by Gasteiger charge is -2.05. The lowest BCUT2D eigenvalue weighted by molar-refractivity contribution is 0.102. The topological polar surface area (TPSA) is 59.8 Å². The molecule has 0 unspecified atom stereocenters. The molecule has 6 heteroatoms. The van der Waals surface area contributed by atoms with Gasteiger partial charge in [0, 0.05) is 5.69 Å². The summed E-state index contributed by atoms with van der Waals surface area (Å²) in [5, 5.41) is 11.3. The van der Waals surface area contributed by atoms with Gasteiger partial charge in [0.25, 0.3) is 5.91 Å². The maximum atomic E-state index is 12.9. The minimum atomic E-state index is -0.380. The highest BCUT2D eigenvalue weighted by atomic mass is 19.1. The lowest BCUT2D eigenvalue weighted by atomic mass is 10.1. The van der Waals surface area contributed by atoms with Crippen LogP contribution in [0.4, 0.5) is 10.1 Å². The molecule has 1 aromatic heterocycles. The van der Waals surface area contributed by atoms with Gasteiger partial charge in [-0.15, -0.1) is 5.10 Å². The first-order valence-corrected chi connectivity index (χ1v) is 7.52. The number of hydrogen-bond donors (Lipinski definition) is 1. The second-order valence-corrected chi connectivity index (χ2v) is 5.67. The molecule has 0 aliphatic rings. The first-order chi connectivity index (χ1) is 11.4. The Morgan fingerprint density at radius 2 is 1.75 bits per heavy atom. The molecule has 0 saturated carbocycles. The first-order valence-electron chi connectivity index (χ1n) is 7.52. The van der Waals surface area contributed by atoms with Gasteiger partial charge in [0.2, 0.25) is 0 Å². The van der Waals surface area contributed by atoms with Gasteiger partial charge in [-0.2, -0.15) is 9.90 Å². The van der Waals surface area contributed by atoms with Crippen LogP contribution in [0.1, 0.15) is 27.3 Å². The molecule has 0 atom stereocenters. The summed E-state index contributed by atoms with van der Waals surface area (Å²) in [6.45, 7) is 5.71. The van der Waals surface area contributed by atoms with Crippen molar-refractivity contribution in [2.24, 2.45) is 0 Å². The first kappa shape index (κ1) is 15.9. The molecule has 0 spiro atoms. The third kappa shape index (κ3) is 3.17. The van der Waals surface area contributed by atoms with Crippen molar-refractivity contribution in [3.63, 3.8) is 0 Å². The summed E-state index contributed by atoms with van der Waals surface area (Å²) in [5.74, 6) is -0.736.